The number of aliphatic hydroxyl groups is 1. The van der Waals surface area contributed by atoms with E-state index in [0.29, 0.717) is 23.5 Å². The van der Waals surface area contributed by atoms with Gasteiger partial charge in [0.2, 0.25) is 0 Å². The third kappa shape index (κ3) is 1.40. The van der Waals surface area contributed by atoms with Gasteiger partial charge in [0.05, 0.1) is 12.8 Å². The Morgan fingerprint density at radius 2 is 2.36 bits per heavy atom. The van der Waals surface area contributed by atoms with Crippen LogP contribution in [0.4, 0.5) is 10.1 Å². The van der Waals surface area contributed by atoms with Crippen molar-refractivity contribution in [2.75, 3.05) is 12.4 Å². The number of ether oxygens (including phenoxy) is 1. The third-order valence-corrected chi connectivity index (χ3v) is 2.19. The molecule has 3 N–H and O–H groups in total. The molecule has 0 spiro atoms. The number of hydrogen-bond donors (Lipinski definition) is 3. The molecule has 1 unspecified atom stereocenters. The van der Waals surface area contributed by atoms with Crippen LogP contribution in [-0.2, 0) is 6.54 Å². The highest BCUT2D eigenvalue weighted by Gasteiger charge is 2.21. The Morgan fingerprint density at radius 1 is 1.57 bits per heavy atom. The van der Waals surface area contributed by atoms with Crippen LogP contribution in [0, 0.1) is 5.82 Å². The van der Waals surface area contributed by atoms with Crippen LogP contribution in [-0.4, -0.2) is 18.6 Å². The molecule has 1 aliphatic heterocycles. The number of hydrogen-bond acceptors (Lipinski definition) is 4. The van der Waals surface area contributed by atoms with Crippen molar-refractivity contribution in [3.05, 3.63) is 23.5 Å². The maximum atomic E-state index is 13.3. The van der Waals surface area contributed by atoms with Gasteiger partial charge in [-0.1, -0.05) is 0 Å². The topological polar surface area (TPSA) is 53.5 Å². The summed E-state index contributed by atoms with van der Waals surface area (Å²) in [6.45, 7) is 0.379. The van der Waals surface area contributed by atoms with E-state index in [9.17, 15) is 9.50 Å². The Kier molecular flexibility index (Phi) is 2.26. The van der Waals surface area contributed by atoms with E-state index in [2.05, 4.69) is 10.6 Å². The normalized spacial score (nSPS) is 19.8. The van der Waals surface area contributed by atoms with Crippen LogP contribution in [0.15, 0.2) is 12.1 Å². The molecular formula is C9H11FN2O2. The number of methoxy groups -OCH3 is 1. The average molecular weight is 198 g/mol. The summed E-state index contributed by atoms with van der Waals surface area (Å²) < 4.78 is 18.4. The highest BCUT2D eigenvalue weighted by atomic mass is 19.1. The van der Waals surface area contributed by atoms with Crippen LogP contribution in [0.5, 0.6) is 5.75 Å². The second-order valence-corrected chi connectivity index (χ2v) is 3.03. The Labute approximate surface area is 80.7 Å². The van der Waals surface area contributed by atoms with Crippen molar-refractivity contribution in [3.63, 3.8) is 0 Å². The first-order chi connectivity index (χ1) is 6.72. The molecule has 0 saturated heterocycles. The molecule has 1 aromatic rings. The number of aliphatic hydroxyl groups excluding tert-OH is 1. The maximum Gasteiger partial charge on any atom is 0.181 e. The van der Waals surface area contributed by atoms with E-state index in [4.69, 9.17) is 4.74 Å². The van der Waals surface area contributed by atoms with Crippen LogP contribution in [0.3, 0.4) is 0 Å². The van der Waals surface area contributed by atoms with Crippen LogP contribution >= 0.6 is 0 Å². The van der Waals surface area contributed by atoms with Crippen molar-refractivity contribution in [1.82, 2.24) is 5.32 Å². The lowest BCUT2D eigenvalue weighted by Gasteiger charge is -2.25. The molecule has 0 amide bonds. The van der Waals surface area contributed by atoms with E-state index in [-0.39, 0.29) is 5.82 Å². The molecule has 1 aromatic carbocycles. The summed E-state index contributed by atoms with van der Waals surface area (Å²) in [5.41, 5.74) is 0.994. The Morgan fingerprint density at radius 3 is 3.07 bits per heavy atom. The molecule has 5 heteroatoms. The minimum atomic E-state index is -0.913. The molecule has 0 saturated carbocycles. The molecule has 4 nitrogen and oxygen atoms in total. The Hall–Kier alpha value is -1.33. The Bertz CT molecular complexity index is 357. The van der Waals surface area contributed by atoms with Gasteiger partial charge in [-0.15, -0.1) is 0 Å². The second kappa shape index (κ2) is 3.43. The van der Waals surface area contributed by atoms with Gasteiger partial charge in [-0.3, -0.25) is 5.32 Å². The zero-order valence-electron chi connectivity index (χ0n) is 7.67. The van der Waals surface area contributed by atoms with Gasteiger partial charge in [0.15, 0.2) is 6.35 Å². The van der Waals surface area contributed by atoms with Gasteiger partial charge in [0, 0.05) is 12.1 Å². The predicted octanol–water partition coefficient (Wildman–Crippen LogP) is 0.625. The average Bonchev–Trinajstić information content (AvgIpc) is 2.19. The van der Waals surface area contributed by atoms with Gasteiger partial charge in [-0.2, -0.15) is 0 Å². The van der Waals surface area contributed by atoms with Crippen molar-refractivity contribution in [2.24, 2.45) is 0 Å². The predicted molar refractivity (Wildman–Crippen MR) is 49.4 cm³/mol. The summed E-state index contributed by atoms with van der Waals surface area (Å²) in [5.74, 6) is 0.217. The fraction of sp³-hybridized carbons (Fsp3) is 0.333. The van der Waals surface area contributed by atoms with Crippen molar-refractivity contribution < 1.29 is 14.2 Å². The number of benzene rings is 1. The molecule has 0 fully saturated rings. The monoisotopic (exact) mass is 198 g/mol. The number of fused-ring (bicyclic) bond motifs is 1. The SMILES string of the molecule is COc1ccc(F)c2c1CNC(O)N2. The van der Waals surface area contributed by atoms with E-state index in [1.165, 1.54) is 13.2 Å². The summed E-state index contributed by atoms with van der Waals surface area (Å²) in [6.07, 6.45) is -0.913. The van der Waals surface area contributed by atoms with Crippen LogP contribution in [0.1, 0.15) is 5.56 Å². The summed E-state index contributed by atoms with van der Waals surface area (Å²) >= 11 is 0. The zero-order chi connectivity index (χ0) is 10.1. The highest BCUT2D eigenvalue weighted by Crippen LogP contribution is 2.31. The van der Waals surface area contributed by atoms with E-state index >= 15 is 0 Å². The van der Waals surface area contributed by atoms with E-state index < -0.39 is 6.35 Å². The largest absolute Gasteiger partial charge is 0.496 e. The van der Waals surface area contributed by atoms with Gasteiger partial charge in [-0.25, -0.2) is 4.39 Å². The van der Waals surface area contributed by atoms with Crippen molar-refractivity contribution in [2.45, 2.75) is 12.9 Å². The Balaban J connectivity index is 2.49. The van der Waals surface area contributed by atoms with Gasteiger partial charge in [0.1, 0.15) is 11.6 Å². The maximum absolute atomic E-state index is 13.3. The molecule has 1 atom stereocenters. The summed E-state index contributed by atoms with van der Waals surface area (Å²) in [6, 6.07) is 2.87. The van der Waals surface area contributed by atoms with Gasteiger partial charge < -0.3 is 15.2 Å². The van der Waals surface area contributed by atoms with Crippen molar-refractivity contribution >= 4 is 5.69 Å². The summed E-state index contributed by atoms with van der Waals surface area (Å²) in [7, 11) is 1.53. The van der Waals surface area contributed by atoms with Gasteiger partial charge >= 0.3 is 0 Å². The van der Waals surface area contributed by atoms with Crippen LogP contribution < -0.4 is 15.4 Å². The molecular weight excluding hydrogens is 187 g/mol. The summed E-state index contributed by atoms with van der Waals surface area (Å²) in [4.78, 5) is 0. The standard InChI is InChI=1S/C9H11FN2O2/c1-14-7-3-2-6(10)8-5(7)4-11-9(13)12-8/h2-3,9,11-13H,4H2,1H3. The fourth-order valence-corrected chi connectivity index (χ4v) is 1.51. The van der Waals surface area contributed by atoms with Gasteiger partial charge in [-0.05, 0) is 12.1 Å². The van der Waals surface area contributed by atoms with E-state index in [1.807, 2.05) is 0 Å². The molecule has 76 valence electrons. The van der Waals surface area contributed by atoms with Crippen LogP contribution in [0.2, 0.25) is 0 Å². The number of rotatable bonds is 1. The minimum absolute atomic E-state index is 0.301. The van der Waals surface area contributed by atoms with E-state index in [0.717, 1.165) is 0 Å². The fourth-order valence-electron chi connectivity index (χ4n) is 1.51. The first-order valence-electron chi connectivity index (χ1n) is 4.25. The van der Waals surface area contributed by atoms with Crippen molar-refractivity contribution in [3.8, 4) is 5.75 Å². The van der Waals surface area contributed by atoms with Crippen molar-refractivity contribution in [1.29, 1.82) is 0 Å². The zero-order valence-corrected chi connectivity index (χ0v) is 7.67. The highest BCUT2D eigenvalue weighted by molar-refractivity contribution is 5.60. The molecule has 2 rings (SSSR count). The summed E-state index contributed by atoms with van der Waals surface area (Å²) in [5, 5.41) is 14.5. The molecule has 0 bridgehead atoms. The quantitative estimate of drug-likeness (QED) is 0.619. The van der Waals surface area contributed by atoms with Crippen LogP contribution in [0.25, 0.3) is 0 Å². The molecule has 1 aliphatic rings. The number of nitrogens with one attached hydrogen (secondary N) is 2. The molecule has 0 aliphatic carbocycles. The third-order valence-electron chi connectivity index (χ3n) is 2.19. The molecule has 14 heavy (non-hydrogen) atoms. The van der Waals surface area contributed by atoms with E-state index in [1.54, 1.807) is 6.07 Å². The second-order valence-electron chi connectivity index (χ2n) is 3.03. The number of anilines is 1. The minimum Gasteiger partial charge on any atom is -0.496 e. The lowest BCUT2D eigenvalue weighted by Crippen LogP contribution is -2.40. The lowest BCUT2D eigenvalue weighted by atomic mass is 10.1. The van der Waals surface area contributed by atoms with Gasteiger partial charge in [0.25, 0.3) is 0 Å². The first kappa shape index (κ1) is 9.23. The first-order valence-corrected chi connectivity index (χ1v) is 4.25. The molecule has 0 aromatic heterocycles. The molecule has 0 radical (unpaired) electrons. The lowest BCUT2D eigenvalue weighted by molar-refractivity contribution is 0.157. The number of halogens is 1. The smallest absolute Gasteiger partial charge is 0.181 e. The molecule has 1 heterocycles.